The second-order valence-electron chi connectivity index (χ2n) is 7.43. The van der Waals surface area contributed by atoms with E-state index >= 15 is 0 Å². The number of amides is 2. The summed E-state index contributed by atoms with van der Waals surface area (Å²) < 4.78 is 10.7. The number of nitrogens with zero attached hydrogens (tertiary/aromatic N) is 2. The summed E-state index contributed by atoms with van der Waals surface area (Å²) in [7, 11) is 7.12. The van der Waals surface area contributed by atoms with Gasteiger partial charge in [0, 0.05) is 24.8 Å². The molecule has 1 heterocycles. The van der Waals surface area contributed by atoms with Gasteiger partial charge in [0.15, 0.2) is 11.5 Å². The van der Waals surface area contributed by atoms with E-state index in [2.05, 4.69) is 5.32 Å². The molecule has 7 nitrogen and oxygen atoms in total. The zero-order valence-corrected chi connectivity index (χ0v) is 17.8. The number of hydrogen-bond acceptors (Lipinski definition) is 6. The molecular formula is C20H29N3O4S. The fourth-order valence-electron chi connectivity index (χ4n) is 3.30. The third-order valence-electron chi connectivity index (χ3n) is 5.04. The molecule has 0 radical (unpaired) electrons. The maximum Gasteiger partial charge on any atom is 0.243 e. The minimum atomic E-state index is -0.446. The number of ether oxygens (including phenoxy) is 2. The van der Waals surface area contributed by atoms with Crippen LogP contribution in [0.1, 0.15) is 23.8 Å². The van der Waals surface area contributed by atoms with E-state index in [0.717, 1.165) is 24.9 Å². The van der Waals surface area contributed by atoms with Gasteiger partial charge in [-0.1, -0.05) is 6.07 Å². The van der Waals surface area contributed by atoms with Gasteiger partial charge in [-0.25, -0.2) is 0 Å². The lowest BCUT2D eigenvalue weighted by Gasteiger charge is -2.29. The Bertz CT molecular complexity index is 723. The molecule has 1 saturated heterocycles. The second kappa shape index (κ2) is 9.05. The van der Waals surface area contributed by atoms with Crippen molar-refractivity contribution in [3.63, 3.8) is 0 Å². The second-order valence-corrected chi connectivity index (χ2v) is 8.54. The maximum absolute atomic E-state index is 13.0. The largest absolute Gasteiger partial charge is 0.493 e. The molecular weight excluding hydrogens is 378 g/mol. The van der Waals surface area contributed by atoms with Gasteiger partial charge in [-0.15, -0.1) is 11.8 Å². The number of likely N-dealkylation sites (N-methyl/N-ethyl adjacent to an activating group) is 1. The summed E-state index contributed by atoms with van der Waals surface area (Å²) in [5.41, 5.74) is 0.945. The summed E-state index contributed by atoms with van der Waals surface area (Å²) in [6, 6.07) is 5.24. The molecule has 2 atom stereocenters. The smallest absolute Gasteiger partial charge is 0.243 e. The van der Waals surface area contributed by atoms with Gasteiger partial charge in [-0.3, -0.25) is 9.59 Å². The van der Waals surface area contributed by atoms with Crippen molar-refractivity contribution in [1.82, 2.24) is 15.1 Å². The Labute approximate surface area is 170 Å². The van der Waals surface area contributed by atoms with Crippen LogP contribution in [0.25, 0.3) is 0 Å². The van der Waals surface area contributed by atoms with Crippen LogP contribution in [0.3, 0.4) is 0 Å². The molecule has 1 aromatic carbocycles. The molecule has 8 heteroatoms. The zero-order valence-electron chi connectivity index (χ0n) is 16.9. The highest BCUT2D eigenvalue weighted by Crippen LogP contribution is 2.46. The molecule has 1 aliphatic carbocycles. The van der Waals surface area contributed by atoms with Crippen molar-refractivity contribution in [2.75, 3.05) is 47.2 Å². The van der Waals surface area contributed by atoms with Crippen LogP contribution >= 0.6 is 11.8 Å². The molecule has 28 heavy (non-hydrogen) atoms. The average Bonchev–Trinajstić information content (AvgIpc) is 3.44. The predicted octanol–water partition coefficient (Wildman–Crippen LogP) is 1.73. The van der Waals surface area contributed by atoms with E-state index in [-0.39, 0.29) is 23.1 Å². The first-order valence-corrected chi connectivity index (χ1v) is 10.6. The minimum Gasteiger partial charge on any atom is -0.493 e. The van der Waals surface area contributed by atoms with Crippen LogP contribution in [0, 0.1) is 5.92 Å². The summed E-state index contributed by atoms with van der Waals surface area (Å²) in [5.74, 6) is 1.92. The van der Waals surface area contributed by atoms with Crippen molar-refractivity contribution >= 4 is 23.6 Å². The minimum absolute atomic E-state index is 0.0541. The molecule has 3 rings (SSSR count). The van der Waals surface area contributed by atoms with Crippen LogP contribution in [-0.4, -0.2) is 74.8 Å². The van der Waals surface area contributed by atoms with Crippen LogP contribution in [0.15, 0.2) is 18.2 Å². The molecule has 2 amide bonds. The van der Waals surface area contributed by atoms with Gasteiger partial charge in [-0.2, -0.15) is 0 Å². The third-order valence-corrected chi connectivity index (χ3v) is 6.36. The van der Waals surface area contributed by atoms with Crippen LogP contribution in [0.4, 0.5) is 0 Å². The molecule has 2 unspecified atom stereocenters. The summed E-state index contributed by atoms with van der Waals surface area (Å²) in [4.78, 5) is 29.6. The monoisotopic (exact) mass is 407 g/mol. The van der Waals surface area contributed by atoms with E-state index in [4.69, 9.17) is 9.47 Å². The highest BCUT2D eigenvalue weighted by Gasteiger charge is 2.46. The lowest BCUT2D eigenvalue weighted by Crippen LogP contribution is -2.49. The van der Waals surface area contributed by atoms with E-state index in [9.17, 15) is 9.59 Å². The van der Waals surface area contributed by atoms with Gasteiger partial charge >= 0.3 is 0 Å². The van der Waals surface area contributed by atoms with E-state index in [1.807, 2.05) is 37.2 Å². The van der Waals surface area contributed by atoms with Gasteiger partial charge in [0.2, 0.25) is 11.8 Å². The Hall–Kier alpha value is -1.93. The zero-order chi connectivity index (χ0) is 20.3. The molecule has 1 N–H and O–H groups in total. The Morgan fingerprint density at radius 1 is 1.21 bits per heavy atom. The van der Waals surface area contributed by atoms with Gasteiger partial charge in [0.25, 0.3) is 0 Å². The Balaban J connectivity index is 1.81. The van der Waals surface area contributed by atoms with Gasteiger partial charge in [0.05, 0.1) is 14.2 Å². The van der Waals surface area contributed by atoms with E-state index in [1.165, 1.54) is 0 Å². The van der Waals surface area contributed by atoms with Gasteiger partial charge in [-0.05, 0) is 44.6 Å². The van der Waals surface area contributed by atoms with Crippen LogP contribution in [-0.2, 0) is 9.59 Å². The van der Waals surface area contributed by atoms with Crippen molar-refractivity contribution in [3.8, 4) is 11.5 Å². The lowest BCUT2D eigenvalue weighted by atomic mass is 10.1. The summed E-state index contributed by atoms with van der Waals surface area (Å²) in [5, 5.41) is 2.78. The Morgan fingerprint density at radius 3 is 2.54 bits per heavy atom. The van der Waals surface area contributed by atoms with Crippen molar-refractivity contribution < 1.29 is 19.1 Å². The quantitative estimate of drug-likeness (QED) is 0.708. The Kier molecular flexibility index (Phi) is 6.72. The highest BCUT2D eigenvalue weighted by atomic mass is 32.2. The Morgan fingerprint density at radius 2 is 1.93 bits per heavy atom. The number of thioether (sulfide) groups is 1. The highest BCUT2D eigenvalue weighted by molar-refractivity contribution is 7.99. The first-order valence-electron chi connectivity index (χ1n) is 9.54. The molecule has 0 spiro atoms. The molecule has 0 aromatic heterocycles. The lowest BCUT2D eigenvalue weighted by molar-refractivity contribution is -0.140. The molecule has 1 aliphatic heterocycles. The standard InChI is InChI=1S/C20H29N3O4S/c1-22(2)10-9-21-18(24)15-12-28-20(23(15)19(25)13-5-6-13)14-7-8-16(26-3)17(11-14)27-4/h7-8,11,13,15,20H,5-6,9-10,12H2,1-4H3,(H,21,24). The maximum atomic E-state index is 13.0. The van der Waals surface area contributed by atoms with Crippen LogP contribution < -0.4 is 14.8 Å². The average molecular weight is 408 g/mol. The molecule has 1 aromatic rings. The first-order chi connectivity index (χ1) is 13.5. The SMILES string of the molecule is COc1ccc(C2SCC(C(=O)NCCN(C)C)N2C(=O)C2CC2)cc1OC. The van der Waals surface area contributed by atoms with E-state index in [1.54, 1.807) is 30.9 Å². The van der Waals surface area contributed by atoms with Crippen molar-refractivity contribution in [2.24, 2.45) is 5.92 Å². The predicted molar refractivity (Wildman–Crippen MR) is 110 cm³/mol. The number of methoxy groups -OCH3 is 2. The number of carbonyl (C=O) groups excluding carboxylic acids is 2. The van der Waals surface area contributed by atoms with Crippen LogP contribution in [0.5, 0.6) is 11.5 Å². The normalized spacial score (nSPS) is 21.7. The van der Waals surface area contributed by atoms with Crippen molar-refractivity contribution in [2.45, 2.75) is 24.3 Å². The van der Waals surface area contributed by atoms with E-state index in [0.29, 0.717) is 23.8 Å². The summed E-state index contributed by atoms with van der Waals surface area (Å²) in [6.45, 7) is 1.33. The van der Waals surface area contributed by atoms with Gasteiger partial charge < -0.3 is 24.6 Å². The molecule has 0 bridgehead atoms. The fraction of sp³-hybridized carbons (Fsp3) is 0.600. The van der Waals surface area contributed by atoms with Crippen LogP contribution in [0.2, 0.25) is 0 Å². The number of rotatable bonds is 8. The van der Waals surface area contributed by atoms with Gasteiger partial charge in [0.1, 0.15) is 11.4 Å². The summed E-state index contributed by atoms with van der Waals surface area (Å²) >= 11 is 1.62. The molecule has 2 aliphatic rings. The first kappa shape index (κ1) is 20.8. The number of hydrogen-bond donors (Lipinski definition) is 1. The molecule has 154 valence electrons. The molecule has 1 saturated carbocycles. The number of carbonyl (C=O) groups is 2. The molecule has 2 fully saturated rings. The van der Waals surface area contributed by atoms with Crippen molar-refractivity contribution in [3.05, 3.63) is 23.8 Å². The fourth-order valence-corrected chi connectivity index (χ4v) is 4.73. The third kappa shape index (κ3) is 4.55. The summed E-state index contributed by atoms with van der Waals surface area (Å²) in [6.07, 6.45) is 1.82. The number of nitrogens with one attached hydrogen (secondary N) is 1. The van der Waals surface area contributed by atoms with Crippen molar-refractivity contribution in [1.29, 1.82) is 0 Å². The number of benzene rings is 1. The van der Waals surface area contributed by atoms with E-state index < -0.39 is 6.04 Å². The topological polar surface area (TPSA) is 71.1 Å².